The summed E-state index contributed by atoms with van der Waals surface area (Å²) in [4.78, 5) is 30.0. The van der Waals surface area contributed by atoms with Crippen molar-refractivity contribution < 1.29 is 38.8 Å². The summed E-state index contributed by atoms with van der Waals surface area (Å²) in [5, 5.41) is 32.8. The zero-order valence-corrected chi connectivity index (χ0v) is 22.4. The SMILES string of the molecule is CC1C(=O)C(C)(C)C(O)CC(=O)O[C@H](C(F)=Cc2csc(CO)n2)C[C@@H]2O[C@]2(C)CCC[C@H](C)[C@@H]1O. The Morgan fingerprint density at radius 1 is 1.28 bits per heavy atom. The highest BCUT2D eigenvalue weighted by Crippen LogP contribution is 2.45. The van der Waals surface area contributed by atoms with Crippen molar-refractivity contribution >= 4 is 29.2 Å². The maximum Gasteiger partial charge on any atom is 0.309 e. The van der Waals surface area contributed by atoms with E-state index in [9.17, 15) is 24.9 Å². The van der Waals surface area contributed by atoms with E-state index in [2.05, 4.69) is 4.98 Å². The van der Waals surface area contributed by atoms with Gasteiger partial charge in [-0.2, -0.15) is 0 Å². The summed E-state index contributed by atoms with van der Waals surface area (Å²) >= 11 is 1.19. The minimum absolute atomic E-state index is 0.0925. The van der Waals surface area contributed by atoms with Gasteiger partial charge in [-0.25, -0.2) is 9.37 Å². The summed E-state index contributed by atoms with van der Waals surface area (Å²) in [5.41, 5.74) is -1.52. The van der Waals surface area contributed by atoms with Gasteiger partial charge in [0.15, 0.2) is 6.10 Å². The van der Waals surface area contributed by atoms with Crippen LogP contribution in [-0.2, 0) is 25.7 Å². The molecule has 2 aliphatic rings. The summed E-state index contributed by atoms with van der Waals surface area (Å²) in [5.74, 6) is -2.79. The van der Waals surface area contributed by atoms with Crippen molar-refractivity contribution in [1.82, 2.24) is 4.98 Å². The van der Waals surface area contributed by atoms with Crippen LogP contribution in [0.15, 0.2) is 11.2 Å². The molecule has 1 aromatic rings. The van der Waals surface area contributed by atoms with Crippen LogP contribution in [0.25, 0.3) is 6.08 Å². The molecular formula is C26H38FNO7S. The van der Waals surface area contributed by atoms with Crippen LogP contribution in [0.5, 0.6) is 0 Å². The average molecular weight is 528 g/mol. The van der Waals surface area contributed by atoms with Gasteiger partial charge in [-0.3, -0.25) is 9.59 Å². The summed E-state index contributed by atoms with van der Waals surface area (Å²) in [6, 6.07) is 0. The monoisotopic (exact) mass is 527 g/mol. The third kappa shape index (κ3) is 6.58. The zero-order valence-electron chi connectivity index (χ0n) is 21.6. The Labute approximate surface area is 215 Å². The molecule has 7 atom stereocenters. The average Bonchev–Trinajstić information content (AvgIpc) is 3.23. The summed E-state index contributed by atoms with van der Waals surface area (Å²) in [6.45, 7) is 8.27. The molecule has 0 saturated carbocycles. The smallest absolute Gasteiger partial charge is 0.309 e. The van der Waals surface area contributed by atoms with E-state index in [-0.39, 0.29) is 30.8 Å². The largest absolute Gasteiger partial charge is 0.455 e. The van der Waals surface area contributed by atoms with Crippen LogP contribution in [0.3, 0.4) is 0 Å². The van der Waals surface area contributed by atoms with Gasteiger partial charge in [0.1, 0.15) is 16.6 Å². The first kappa shape index (κ1) is 28.8. The van der Waals surface area contributed by atoms with E-state index in [1.165, 1.54) is 31.3 Å². The second-order valence-corrected chi connectivity index (χ2v) is 11.9. The first-order chi connectivity index (χ1) is 16.8. The zero-order chi connectivity index (χ0) is 26.8. The van der Waals surface area contributed by atoms with Crippen LogP contribution in [0.1, 0.15) is 77.4 Å². The van der Waals surface area contributed by atoms with Gasteiger partial charge in [0, 0.05) is 17.7 Å². The number of ketones is 1. The number of ether oxygens (including phenoxy) is 2. The van der Waals surface area contributed by atoms with Crippen LogP contribution in [0.2, 0.25) is 0 Å². The number of hydrogen-bond donors (Lipinski definition) is 3. The lowest BCUT2D eigenvalue weighted by Crippen LogP contribution is -2.45. The lowest BCUT2D eigenvalue weighted by atomic mass is 9.73. The first-order valence-corrected chi connectivity index (χ1v) is 13.4. The molecule has 36 heavy (non-hydrogen) atoms. The fourth-order valence-corrected chi connectivity index (χ4v) is 5.49. The Kier molecular flexibility index (Phi) is 9.09. The minimum Gasteiger partial charge on any atom is -0.455 e. The molecule has 1 aromatic heterocycles. The van der Waals surface area contributed by atoms with Crippen molar-refractivity contribution in [2.24, 2.45) is 17.3 Å². The number of epoxide rings is 1. The molecule has 2 saturated heterocycles. The summed E-state index contributed by atoms with van der Waals surface area (Å²) in [7, 11) is 0. The molecule has 3 heterocycles. The van der Waals surface area contributed by atoms with Crippen molar-refractivity contribution in [3.05, 3.63) is 21.9 Å². The maximum atomic E-state index is 15.3. The Morgan fingerprint density at radius 2 is 1.97 bits per heavy atom. The summed E-state index contributed by atoms with van der Waals surface area (Å²) in [6.07, 6.45) is -0.982. The third-order valence-electron chi connectivity index (χ3n) is 7.70. The Hall–Kier alpha value is -1.72. The van der Waals surface area contributed by atoms with Gasteiger partial charge >= 0.3 is 5.97 Å². The van der Waals surface area contributed by atoms with E-state index in [0.29, 0.717) is 23.5 Å². The standard InChI is InChI=1S/C26H38FNO7S/c1-14-7-6-8-26(5)20(35-26)10-18(17(27)9-16-13-36-21(12-29)28-16)34-22(31)11-19(30)25(3,4)24(33)15(2)23(14)32/h9,13-15,18-20,23,29-30,32H,6-8,10-12H2,1-5H3/t14-,15?,18-,19?,20-,23-,26+/m0/s1. The number of aliphatic hydroxyl groups excluding tert-OH is 3. The second-order valence-electron chi connectivity index (χ2n) is 10.9. The molecule has 3 N–H and O–H groups in total. The summed E-state index contributed by atoms with van der Waals surface area (Å²) < 4.78 is 26.7. The Bertz CT molecular complexity index is 979. The molecule has 2 fully saturated rings. The second kappa shape index (κ2) is 11.3. The lowest BCUT2D eigenvalue weighted by molar-refractivity contribution is -0.155. The number of Topliss-reactive ketones (excluding diaryl/α,β-unsaturated/α-hetero) is 1. The van der Waals surface area contributed by atoms with Crippen LogP contribution in [0, 0.1) is 17.3 Å². The molecule has 0 aromatic carbocycles. The van der Waals surface area contributed by atoms with Gasteiger partial charge in [-0.05, 0) is 31.8 Å². The van der Waals surface area contributed by atoms with E-state index in [0.717, 1.165) is 6.42 Å². The van der Waals surface area contributed by atoms with Gasteiger partial charge in [-0.15, -0.1) is 11.3 Å². The van der Waals surface area contributed by atoms with E-state index in [1.54, 1.807) is 12.3 Å². The molecule has 8 nitrogen and oxygen atoms in total. The fraction of sp³-hybridized carbons (Fsp3) is 0.731. The number of rotatable bonds is 3. The number of cyclic esters (lactones) is 1. The van der Waals surface area contributed by atoms with Crippen LogP contribution < -0.4 is 0 Å². The van der Waals surface area contributed by atoms with Crippen LogP contribution in [-0.4, -0.2) is 62.1 Å². The van der Waals surface area contributed by atoms with E-state index < -0.39 is 53.5 Å². The number of aliphatic hydroxyl groups is 3. The number of nitrogens with zero attached hydrogens (tertiary/aromatic N) is 1. The highest BCUT2D eigenvalue weighted by atomic mass is 32.1. The molecule has 0 aliphatic carbocycles. The Morgan fingerprint density at radius 3 is 2.61 bits per heavy atom. The molecule has 0 bridgehead atoms. The minimum atomic E-state index is -1.38. The molecule has 2 unspecified atom stereocenters. The topological polar surface area (TPSA) is 129 Å². The molecule has 2 aliphatic heterocycles. The fourth-order valence-electron chi connectivity index (χ4n) is 4.88. The number of carbonyl (C=O) groups excluding carboxylic acids is 2. The number of fused-ring (bicyclic) bond motifs is 1. The molecule has 10 heteroatoms. The molecule has 3 rings (SSSR count). The lowest BCUT2D eigenvalue weighted by Gasteiger charge is -2.34. The van der Waals surface area contributed by atoms with Crippen LogP contribution in [0.4, 0.5) is 4.39 Å². The Balaban J connectivity index is 1.85. The van der Waals surface area contributed by atoms with E-state index in [4.69, 9.17) is 9.47 Å². The van der Waals surface area contributed by atoms with Gasteiger partial charge in [0.25, 0.3) is 0 Å². The van der Waals surface area contributed by atoms with Crippen molar-refractivity contribution in [1.29, 1.82) is 0 Å². The van der Waals surface area contributed by atoms with Gasteiger partial charge in [0.05, 0.1) is 48.0 Å². The number of esters is 1. The third-order valence-corrected chi connectivity index (χ3v) is 8.56. The number of halogens is 1. The highest BCUT2D eigenvalue weighted by Gasteiger charge is 2.53. The normalized spacial score (nSPS) is 36.8. The van der Waals surface area contributed by atoms with E-state index in [1.807, 2.05) is 13.8 Å². The van der Waals surface area contributed by atoms with Crippen molar-refractivity contribution in [2.75, 3.05) is 0 Å². The predicted molar refractivity (Wildman–Crippen MR) is 132 cm³/mol. The molecule has 0 spiro atoms. The quantitative estimate of drug-likeness (QED) is 0.402. The van der Waals surface area contributed by atoms with Gasteiger partial charge in [0.2, 0.25) is 0 Å². The van der Waals surface area contributed by atoms with Crippen molar-refractivity contribution in [2.45, 2.75) is 103 Å². The molecule has 202 valence electrons. The predicted octanol–water partition coefficient (Wildman–Crippen LogP) is 3.57. The van der Waals surface area contributed by atoms with Crippen LogP contribution >= 0.6 is 11.3 Å². The van der Waals surface area contributed by atoms with E-state index >= 15 is 4.39 Å². The molecule has 0 amide bonds. The van der Waals surface area contributed by atoms with Crippen molar-refractivity contribution in [3.63, 3.8) is 0 Å². The van der Waals surface area contributed by atoms with Gasteiger partial charge in [-0.1, -0.05) is 34.1 Å². The molecule has 0 radical (unpaired) electrons. The number of aromatic nitrogens is 1. The number of thiazole rings is 1. The van der Waals surface area contributed by atoms with Gasteiger partial charge < -0.3 is 24.8 Å². The number of carbonyl (C=O) groups is 2. The number of hydrogen-bond acceptors (Lipinski definition) is 9. The first-order valence-electron chi connectivity index (χ1n) is 12.5. The highest BCUT2D eigenvalue weighted by molar-refractivity contribution is 7.09. The molecular weight excluding hydrogens is 489 g/mol. The van der Waals surface area contributed by atoms with Crippen molar-refractivity contribution in [3.8, 4) is 0 Å². The maximum absolute atomic E-state index is 15.3.